The molecule has 2 aliphatic rings. The number of piperidine rings is 1. The molecule has 1 N–H and O–H groups in total. The van der Waals surface area contributed by atoms with Crippen LogP contribution in [0.15, 0.2) is 0 Å². The topological polar surface area (TPSA) is 40.5 Å². The van der Waals surface area contributed by atoms with Gasteiger partial charge in [0.1, 0.15) is 5.78 Å². The Labute approximate surface area is 117 Å². The Morgan fingerprint density at radius 2 is 1.95 bits per heavy atom. The highest BCUT2D eigenvalue weighted by atomic mass is 16.3. The van der Waals surface area contributed by atoms with Gasteiger partial charge in [0.05, 0.1) is 5.60 Å². The van der Waals surface area contributed by atoms with Gasteiger partial charge in [-0.1, -0.05) is 12.8 Å². The molecule has 3 heteroatoms. The van der Waals surface area contributed by atoms with Gasteiger partial charge >= 0.3 is 0 Å². The van der Waals surface area contributed by atoms with Gasteiger partial charge in [0.2, 0.25) is 0 Å². The van der Waals surface area contributed by atoms with Gasteiger partial charge < -0.3 is 5.11 Å². The largest absolute Gasteiger partial charge is 0.390 e. The quantitative estimate of drug-likeness (QED) is 0.851. The average Bonchev–Trinajstić information content (AvgIpc) is 2.37. The Morgan fingerprint density at radius 3 is 2.63 bits per heavy atom. The van der Waals surface area contributed by atoms with E-state index >= 15 is 0 Å². The van der Waals surface area contributed by atoms with Crippen LogP contribution in [0.25, 0.3) is 0 Å². The minimum absolute atomic E-state index is 0.274. The van der Waals surface area contributed by atoms with E-state index in [1.54, 1.807) is 0 Å². The Balaban J connectivity index is 1.96. The van der Waals surface area contributed by atoms with Crippen LogP contribution >= 0.6 is 0 Å². The maximum absolute atomic E-state index is 12.2. The first-order valence-electron chi connectivity index (χ1n) is 7.96. The minimum atomic E-state index is -0.599. The summed E-state index contributed by atoms with van der Waals surface area (Å²) >= 11 is 0. The van der Waals surface area contributed by atoms with Gasteiger partial charge in [-0.15, -0.1) is 0 Å². The molecule has 0 amide bonds. The molecular weight excluding hydrogens is 238 g/mol. The molecule has 0 aromatic carbocycles. The molecular formula is C16H29NO2. The third-order valence-electron chi connectivity index (χ3n) is 4.74. The van der Waals surface area contributed by atoms with Crippen molar-refractivity contribution in [2.75, 3.05) is 13.1 Å². The summed E-state index contributed by atoms with van der Waals surface area (Å²) in [6, 6.07) is 0.448. The van der Waals surface area contributed by atoms with Crippen LogP contribution in [0.1, 0.15) is 65.2 Å². The predicted molar refractivity (Wildman–Crippen MR) is 77.1 cm³/mol. The lowest BCUT2D eigenvalue weighted by Crippen LogP contribution is -2.48. The molecule has 2 unspecified atom stereocenters. The Kier molecular flexibility index (Phi) is 5.02. The van der Waals surface area contributed by atoms with Crippen LogP contribution in [0.3, 0.4) is 0 Å². The number of carbonyl (C=O) groups excluding carboxylic acids is 1. The molecule has 2 fully saturated rings. The zero-order chi connectivity index (χ0) is 13.9. The number of aliphatic hydroxyl groups is 1. The number of hydrogen-bond acceptors (Lipinski definition) is 3. The summed E-state index contributed by atoms with van der Waals surface area (Å²) in [6.07, 6.45) is 8.64. The zero-order valence-electron chi connectivity index (χ0n) is 12.5. The number of likely N-dealkylation sites (tertiary alicyclic amines) is 1. The molecule has 0 radical (unpaired) electrons. The van der Waals surface area contributed by atoms with Crippen LogP contribution in [0.2, 0.25) is 0 Å². The SMILES string of the molecule is CC(C)(O)CCN1CCCCC1C1CCCCC1=O. The van der Waals surface area contributed by atoms with Crippen molar-refractivity contribution in [3.05, 3.63) is 0 Å². The summed E-state index contributed by atoms with van der Waals surface area (Å²) in [7, 11) is 0. The molecule has 1 aliphatic carbocycles. The number of carbonyl (C=O) groups is 1. The van der Waals surface area contributed by atoms with Crippen molar-refractivity contribution in [1.29, 1.82) is 0 Å². The second-order valence-corrected chi connectivity index (χ2v) is 6.98. The molecule has 0 aromatic heterocycles. The van der Waals surface area contributed by atoms with Crippen molar-refractivity contribution in [2.24, 2.45) is 5.92 Å². The van der Waals surface area contributed by atoms with Crippen LogP contribution in [-0.4, -0.2) is 40.5 Å². The van der Waals surface area contributed by atoms with Crippen molar-refractivity contribution in [3.63, 3.8) is 0 Å². The molecule has 19 heavy (non-hydrogen) atoms. The van der Waals surface area contributed by atoms with E-state index < -0.39 is 5.60 Å². The standard InChI is InChI=1S/C16H29NO2/c1-16(2,19)10-12-17-11-6-5-8-14(17)13-7-3-4-9-15(13)18/h13-14,19H,3-12H2,1-2H3. The van der Waals surface area contributed by atoms with E-state index in [1.165, 1.54) is 25.7 Å². The molecule has 110 valence electrons. The van der Waals surface area contributed by atoms with Crippen LogP contribution < -0.4 is 0 Å². The third kappa shape index (κ3) is 4.28. The van der Waals surface area contributed by atoms with E-state index in [0.29, 0.717) is 11.8 Å². The van der Waals surface area contributed by atoms with Crippen molar-refractivity contribution in [1.82, 2.24) is 4.90 Å². The number of rotatable bonds is 4. The lowest BCUT2D eigenvalue weighted by atomic mass is 9.79. The van der Waals surface area contributed by atoms with E-state index in [0.717, 1.165) is 38.8 Å². The van der Waals surface area contributed by atoms with Crippen molar-refractivity contribution >= 4 is 5.78 Å². The van der Waals surface area contributed by atoms with E-state index in [2.05, 4.69) is 4.90 Å². The van der Waals surface area contributed by atoms with Gasteiger partial charge in [-0.05, 0) is 52.5 Å². The average molecular weight is 267 g/mol. The van der Waals surface area contributed by atoms with Gasteiger partial charge in [-0.3, -0.25) is 9.69 Å². The smallest absolute Gasteiger partial charge is 0.137 e. The van der Waals surface area contributed by atoms with Gasteiger partial charge in [0.25, 0.3) is 0 Å². The van der Waals surface area contributed by atoms with Gasteiger partial charge in [0, 0.05) is 24.9 Å². The van der Waals surface area contributed by atoms with Gasteiger partial charge in [0.15, 0.2) is 0 Å². The maximum Gasteiger partial charge on any atom is 0.137 e. The monoisotopic (exact) mass is 267 g/mol. The fraction of sp³-hybridized carbons (Fsp3) is 0.938. The molecule has 1 heterocycles. The second kappa shape index (κ2) is 6.36. The summed E-state index contributed by atoms with van der Waals surface area (Å²) < 4.78 is 0. The van der Waals surface area contributed by atoms with Crippen LogP contribution in [0.4, 0.5) is 0 Å². The first-order valence-corrected chi connectivity index (χ1v) is 7.96. The lowest BCUT2D eigenvalue weighted by Gasteiger charge is -2.42. The van der Waals surface area contributed by atoms with Crippen LogP contribution in [0, 0.1) is 5.92 Å². The van der Waals surface area contributed by atoms with E-state index in [4.69, 9.17) is 0 Å². The van der Waals surface area contributed by atoms with E-state index in [9.17, 15) is 9.90 Å². The van der Waals surface area contributed by atoms with Crippen molar-refractivity contribution in [3.8, 4) is 0 Å². The first-order chi connectivity index (χ1) is 8.97. The highest BCUT2D eigenvalue weighted by Gasteiger charge is 2.35. The number of nitrogens with zero attached hydrogens (tertiary/aromatic N) is 1. The van der Waals surface area contributed by atoms with Gasteiger partial charge in [-0.25, -0.2) is 0 Å². The number of hydrogen-bond donors (Lipinski definition) is 1. The molecule has 1 saturated heterocycles. The molecule has 0 aromatic rings. The molecule has 0 bridgehead atoms. The lowest BCUT2D eigenvalue weighted by molar-refractivity contribution is -0.127. The third-order valence-corrected chi connectivity index (χ3v) is 4.74. The second-order valence-electron chi connectivity index (χ2n) is 6.98. The molecule has 1 saturated carbocycles. The van der Waals surface area contributed by atoms with Gasteiger partial charge in [-0.2, -0.15) is 0 Å². The molecule has 0 spiro atoms. The van der Waals surface area contributed by atoms with Crippen LogP contribution in [0.5, 0.6) is 0 Å². The van der Waals surface area contributed by atoms with E-state index in [1.807, 2.05) is 13.8 Å². The molecule has 1 aliphatic heterocycles. The van der Waals surface area contributed by atoms with Crippen molar-refractivity contribution in [2.45, 2.75) is 76.9 Å². The van der Waals surface area contributed by atoms with E-state index in [-0.39, 0.29) is 5.92 Å². The zero-order valence-corrected chi connectivity index (χ0v) is 12.5. The fourth-order valence-corrected chi connectivity index (χ4v) is 3.58. The highest BCUT2D eigenvalue weighted by Crippen LogP contribution is 2.32. The fourth-order valence-electron chi connectivity index (χ4n) is 3.58. The maximum atomic E-state index is 12.2. The molecule has 2 atom stereocenters. The Morgan fingerprint density at radius 1 is 1.21 bits per heavy atom. The molecule has 2 rings (SSSR count). The summed E-state index contributed by atoms with van der Waals surface area (Å²) in [5.41, 5.74) is -0.599. The Hall–Kier alpha value is -0.410. The summed E-state index contributed by atoms with van der Waals surface area (Å²) in [6.45, 7) is 5.78. The summed E-state index contributed by atoms with van der Waals surface area (Å²) in [4.78, 5) is 14.6. The Bertz CT molecular complexity index is 308. The van der Waals surface area contributed by atoms with Crippen molar-refractivity contribution < 1.29 is 9.90 Å². The minimum Gasteiger partial charge on any atom is -0.390 e. The normalized spacial score (nSPS) is 30.6. The summed E-state index contributed by atoms with van der Waals surface area (Å²) in [5.74, 6) is 0.766. The summed E-state index contributed by atoms with van der Waals surface area (Å²) in [5, 5.41) is 9.90. The van der Waals surface area contributed by atoms with Crippen LogP contribution in [-0.2, 0) is 4.79 Å². The predicted octanol–water partition coefficient (Wildman–Crippen LogP) is 2.76. The highest BCUT2D eigenvalue weighted by molar-refractivity contribution is 5.82. The molecule has 3 nitrogen and oxygen atoms in total. The number of ketones is 1. The first kappa shape index (κ1) is 15.0. The number of Topliss-reactive ketones (excluding diaryl/α,β-unsaturated/α-hetero) is 1.